The largest absolute Gasteiger partial charge is 0.302 e. The molecule has 1 aliphatic rings. The lowest BCUT2D eigenvalue weighted by Crippen LogP contribution is -2.31. The van der Waals surface area contributed by atoms with E-state index in [0.717, 1.165) is 11.3 Å². The maximum atomic E-state index is 12.3. The molecule has 7 heteroatoms. The molecule has 0 unspecified atom stereocenters. The number of nitrogens with zero attached hydrogens (tertiary/aromatic N) is 2. The number of thiazole rings is 1. The predicted molar refractivity (Wildman–Crippen MR) is 112 cm³/mol. The smallest absolute Gasteiger partial charge is 0.261 e. The molecule has 0 aliphatic carbocycles. The van der Waals surface area contributed by atoms with Crippen molar-refractivity contribution in [2.45, 2.75) is 19.8 Å². The number of hydrogen-bond acceptors (Lipinski definition) is 5. The number of aryl methyl sites for hydroxylation is 1. The van der Waals surface area contributed by atoms with Gasteiger partial charge in [-0.15, -0.1) is 11.3 Å². The van der Waals surface area contributed by atoms with Crippen LogP contribution in [0.2, 0.25) is 0 Å². The van der Waals surface area contributed by atoms with E-state index in [9.17, 15) is 14.4 Å². The van der Waals surface area contributed by atoms with E-state index in [1.807, 2.05) is 36.6 Å². The number of carbonyl (C=O) groups is 3. The molecule has 3 amide bonds. The van der Waals surface area contributed by atoms with Crippen molar-refractivity contribution in [3.63, 3.8) is 0 Å². The van der Waals surface area contributed by atoms with E-state index < -0.39 is 0 Å². The van der Waals surface area contributed by atoms with Crippen molar-refractivity contribution in [3.05, 3.63) is 70.6 Å². The van der Waals surface area contributed by atoms with E-state index in [0.29, 0.717) is 22.7 Å². The van der Waals surface area contributed by atoms with Crippen LogP contribution < -0.4 is 5.32 Å². The molecule has 0 atom stereocenters. The van der Waals surface area contributed by atoms with Crippen LogP contribution >= 0.6 is 11.3 Å². The minimum atomic E-state index is -0.298. The molecule has 3 aromatic rings. The lowest BCUT2D eigenvalue weighted by atomic mass is 10.1. The first-order chi connectivity index (χ1) is 14.0. The second-order valence-electron chi connectivity index (χ2n) is 6.86. The summed E-state index contributed by atoms with van der Waals surface area (Å²) in [6.07, 6.45) is 0.598. The maximum Gasteiger partial charge on any atom is 0.261 e. The highest BCUT2D eigenvalue weighted by atomic mass is 32.1. The van der Waals surface area contributed by atoms with E-state index in [4.69, 9.17) is 0 Å². The number of anilines is 1. The molecule has 0 bridgehead atoms. The number of fused-ring (bicyclic) bond motifs is 1. The number of aromatic nitrogens is 1. The summed E-state index contributed by atoms with van der Waals surface area (Å²) in [5.74, 6) is -0.784. The second kappa shape index (κ2) is 7.97. The highest BCUT2D eigenvalue weighted by Gasteiger charge is 2.34. The van der Waals surface area contributed by atoms with Crippen molar-refractivity contribution in [1.29, 1.82) is 0 Å². The molecular formula is C22H19N3O3S. The number of amides is 3. The first-order valence-electron chi connectivity index (χ1n) is 9.30. The summed E-state index contributed by atoms with van der Waals surface area (Å²) in [5.41, 5.74) is 3.84. The Labute approximate surface area is 172 Å². The average Bonchev–Trinajstić information content (AvgIpc) is 3.27. The quantitative estimate of drug-likeness (QED) is 0.625. The number of nitrogens with one attached hydrogen (secondary N) is 1. The zero-order valence-electron chi connectivity index (χ0n) is 15.8. The fraction of sp³-hybridized carbons (Fsp3) is 0.182. The summed E-state index contributed by atoms with van der Waals surface area (Å²) < 4.78 is 0. The van der Waals surface area contributed by atoms with Crippen molar-refractivity contribution in [1.82, 2.24) is 9.88 Å². The van der Waals surface area contributed by atoms with E-state index in [1.165, 1.54) is 21.8 Å². The lowest BCUT2D eigenvalue weighted by molar-refractivity contribution is -0.116. The Morgan fingerprint density at radius 2 is 1.69 bits per heavy atom. The number of rotatable bonds is 6. The molecule has 0 saturated carbocycles. The van der Waals surface area contributed by atoms with Gasteiger partial charge in [0.25, 0.3) is 11.8 Å². The van der Waals surface area contributed by atoms with Gasteiger partial charge in [-0.05, 0) is 25.5 Å². The number of imide groups is 1. The van der Waals surface area contributed by atoms with Crippen LogP contribution in [0.3, 0.4) is 0 Å². The number of carbonyl (C=O) groups excluding carboxylic acids is 3. The minimum absolute atomic E-state index is 0.189. The molecular weight excluding hydrogens is 386 g/mol. The van der Waals surface area contributed by atoms with Gasteiger partial charge in [0.15, 0.2) is 5.13 Å². The molecule has 6 nitrogen and oxygen atoms in total. The van der Waals surface area contributed by atoms with Crippen LogP contribution in [0, 0.1) is 6.92 Å². The minimum Gasteiger partial charge on any atom is -0.302 e. The molecule has 1 N–H and O–H groups in total. The molecule has 0 fully saturated rings. The lowest BCUT2D eigenvalue weighted by Gasteiger charge is -2.13. The topological polar surface area (TPSA) is 79.4 Å². The third-order valence-corrected chi connectivity index (χ3v) is 5.52. The molecule has 1 aliphatic heterocycles. The molecule has 1 aromatic heterocycles. The summed E-state index contributed by atoms with van der Waals surface area (Å²) >= 11 is 1.37. The molecule has 0 saturated heterocycles. The summed E-state index contributed by atoms with van der Waals surface area (Å²) in [6, 6.07) is 14.8. The summed E-state index contributed by atoms with van der Waals surface area (Å²) in [7, 11) is 0. The Balaban J connectivity index is 1.30. The van der Waals surface area contributed by atoms with E-state index in [-0.39, 0.29) is 30.7 Å². The van der Waals surface area contributed by atoms with Gasteiger partial charge < -0.3 is 5.32 Å². The van der Waals surface area contributed by atoms with Gasteiger partial charge in [-0.25, -0.2) is 4.98 Å². The van der Waals surface area contributed by atoms with Crippen molar-refractivity contribution >= 4 is 34.2 Å². The van der Waals surface area contributed by atoms with Gasteiger partial charge in [-0.2, -0.15) is 0 Å². The molecule has 0 spiro atoms. The van der Waals surface area contributed by atoms with Gasteiger partial charge in [0.1, 0.15) is 0 Å². The van der Waals surface area contributed by atoms with Crippen LogP contribution in [-0.2, 0) is 4.79 Å². The molecule has 4 rings (SSSR count). The third-order valence-electron chi connectivity index (χ3n) is 4.76. The van der Waals surface area contributed by atoms with Crippen LogP contribution in [0.5, 0.6) is 0 Å². The average molecular weight is 405 g/mol. The zero-order valence-corrected chi connectivity index (χ0v) is 16.7. The van der Waals surface area contributed by atoms with Crippen molar-refractivity contribution in [3.8, 4) is 11.3 Å². The standard InChI is InChI=1S/C22H19N3O3S/c1-14-8-10-15(11-9-14)18-13-29-22(23-18)24-19(26)7-4-12-25-20(27)16-5-2-3-6-17(16)21(25)28/h2-3,5-6,8-11,13H,4,7,12H2,1H3,(H,23,24,26). The van der Waals surface area contributed by atoms with Gasteiger partial charge in [0, 0.05) is 23.9 Å². The molecule has 146 valence electrons. The Morgan fingerprint density at radius 3 is 2.34 bits per heavy atom. The van der Waals surface area contributed by atoms with Gasteiger partial charge in [-0.3, -0.25) is 19.3 Å². The van der Waals surface area contributed by atoms with Crippen molar-refractivity contribution < 1.29 is 14.4 Å². The van der Waals surface area contributed by atoms with E-state index in [2.05, 4.69) is 10.3 Å². The van der Waals surface area contributed by atoms with Crippen LogP contribution in [0.25, 0.3) is 11.3 Å². The number of hydrogen-bond donors (Lipinski definition) is 1. The first-order valence-corrected chi connectivity index (χ1v) is 10.2. The molecule has 0 radical (unpaired) electrons. The van der Waals surface area contributed by atoms with Gasteiger partial charge in [-0.1, -0.05) is 42.0 Å². The second-order valence-corrected chi connectivity index (χ2v) is 7.72. The number of benzene rings is 2. The van der Waals surface area contributed by atoms with Crippen molar-refractivity contribution in [2.24, 2.45) is 0 Å². The van der Waals surface area contributed by atoms with Crippen LogP contribution in [0.1, 0.15) is 39.1 Å². The van der Waals surface area contributed by atoms with Gasteiger partial charge >= 0.3 is 0 Å². The Bertz CT molecular complexity index is 1050. The van der Waals surface area contributed by atoms with Gasteiger partial charge in [0.2, 0.25) is 5.91 Å². The Hall–Kier alpha value is -3.32. The SMILES string of the molecule is Cc1ccc(-c2csc(NC(=O)CCCN3C(=O)c4ccccc4C3=O)n2)cc1. The normalized spacial score (nSPS) is 12.9. The fourth-order valence-corrected chi connectivity index (χ4v) is 3.95. The van der Waals surface area contributed by atoms with Crippen molar-refractivity contribution in [2.75, 3.05) is 11.9 Å². The molecule has 29 heavy (non-hydrogen) atoms. The Kier molecular flexibility index (Phi) is 5.22. The first kappa shape index (κ1) is 19.0. The van der Waals surface area contributed by atoms with Crippen LogP contribution in [0.4, 0.5) is 5.13 Å². The molecule has 2 aromatic carbocycles. The van der Waals surface area contributed by atoms with E-state index >= 15 is 0 Å². The fourth-order valence-electron chi connectivity index (χ4n) is 3.21. The third kappa shape index (κ3) is 3.95. The summed E-state index contributed by atoms with van der Waals surface area (Å²) in [6.45, 7) is 2.24. The highest BCUT2D eigenvalue weighted by molar-refractivity contribution is 7.14. The van der Waals surface area contributed by atoms with Gasteiger partial charge in [0.05, 0.1) is 16.8 Å². The monoisotopic (exact) mass is 405 g/mol. The Morgan fingerprint density at radius 1 is 1.03 bits per heavy atom. The van der Waals surface area contributed by atoms with Crippen LogP contribution in [0.15, 0.2) is 53.9 Å². The highest BCUT2D eigenvalue weighted by Crippen LogP contribution is 2.26. The summed E-state index contributed by atoms with van der Waals surface area (Å²) in [4.78, 5) is 42.5. The van der Waals surface area contributed by atoms with Crippen LogP contribution in [-0.4, -0.2) is 34.2 Å². The zero-order chi connectivity index (χ0) is 20.4. The summed E-state index contributed by atoms with van der Waals surface area (Å²) in [5, 5.41) is 5.22. The molecule has 2 heterocycles. The van der Waals surface area contributed by atoms with E-state index in [1.54, 1.807) is 24.3 Å². The predicted octanol–water partition coefficient (Wildman–Crippen LogP) is 4.13. The maximum absolute atomic E-state index is 12.3.